The Bertz CT molecular complexity index is 402. The molecule has 4 nitrogen and oxygen atoms in total. The van der Waals surface area contributed by atoms with E-state index < -0.39 is 0 Å². The molecular weight excluding hydrogens is 358 g/mol. The van der Waals surface area contributed by atoms with Crippen LogP contribution in [-0.2, 0) is 17.9 Å². The fourth-order valence-corrected chi connectivity index (χ4v) is 2.35. The lowest BCUT2D eigenvalue weighted by Crippen LogP contribution is -2.28. The van der Waals surface area contributed by atoms with Gasteiger partial charge in [-0.25, -0.2) is 0 Å². The number of hydrogen-bond donors (Lipinski definition) is 1. The van der Waals surface area contributed by atoms with Gasteiger partial charge in [-0.2, -0.15) is 0 Å². The summed E-state index contributed by atoms with van der Waals surface area (Å²) in [6.45, 7) is 4.28. The third-order valence-corrected chi connectivity index (χ3v) is 3.25. The van der Waals surface area contributed by atoms with Gasteiger partial charge in [0, 0.05) is 50.3 Å². The molecular formula is C13H22Cl4N2O2. The van der Waals surface area contributed by atoms with Crippen molar-refractivity contribution < 1.29 is 9.84 Å². The Morgan fingerprint density at radius 2 is 1.81 bits per heavy atom. The summed E-state index contributed by atoms with van der Waals surface area (Å²) in [5.41, 5.74) is 2.33. The summed E-state index contributed by atoms with van der Waals surface area (Å²) in [5, 5.41) is 10.1. The molecule has 0 bridgehead atoms. The molecule has 0 saturated heterocycles. The van der Waals surface area contributed by atoms with Crippen LogP contribution in [0.2, 0.25) is 0 Å². The number of aryl methyl sites for hydroxylation is 1. The van der Waals surface area contributed by atoms with Gasteiger partial charge in [-0.05, 0) is 12.5 Å². The molecule has 8 heteroatoms. The van der Waals surface area contributed by atoms with E-state index in [2.05, 4.69) is 9.88 Å². The van der Waals surface area contributed by atoms with Crippen molar-refractivity contribution in [2.45, 2.75) is 20.1 Å². The first kappa shape index (κ1) is 23.3. The molecule has 1 N–H and O–H groups in total. The quantitative estimate of drug-likeness (QED) is 0.703. The summed E-state index contributed by atoms with van der Waals surface area (Å²) >= 11 is 11.6. The van der Waals surface area contributed by atoms with E-state index in [1.54, 1.807) is 20.2 Å². The summed E-state index contributed by atoms with van der Waals surface area (Å²) in [7, 11) is 1.61. The van der Waals surface area contributed by atoms with Crippen molar-refractivity contribution in [3.63, 3.8) is 0 Å². The molecule has 124 valence electrons. The maximum absolute atomic E-state index is 10.1. The van der Waals surface area contributed by atoms with Crippen molar-refractivity contribution >= 4 is 48.0 Å². The number of rotatable bonds is 8. The van der Waals surface area contributed by atoms with Gasteiger partial charge >= 0.3 is 0 Å². The molecule has 1 aromatic rings. The van der Waals surface area contributed by atoms with E-state index in [-0.39, 0.29) is 30.6 Å². The summed E-state index contributed by atoms with van der Waals surface area (Å²) in [6, 6.07) is 0. The molecule has 21 heavy (non-hydrogen) atoms. The van der Waals surface area contributed by atoms with Crippen LogP contribution in [0.4, 0.5) is 0 Å². The lowest BCUT2D eigenvalue weighted by atomic mass is 10.1. The highest BCUT2D eigenvalue weighted by Crippen LogP contribution is 2.25. The zero-order chi connectivity index (χ0) is 14.3. The smallest absolute Gasteiger partial charge is 0.142 e. The van der Waals surface area contributed by atoms with E-state index in [4.69, 9.17) is 27.9 Å². The van der Waals surface area contributed by atoms with Crippen LogP contribution in [0.3, 0.4) is 0 Å². The largest absolute Gasteiger partial charge is 0.506 e. The van der Waals surface area contributed by atoms with E-state index in [9.17, 15) is 5.11 Å². The SMILES string of the molecule is COCc1c(CN(CCCl)CCCl)cnc(C)c1O.Cl.Cl. The molecule has 0 aromatic carbocycles. The summed E-state index contributed by atoms with van der Waals surface area (Å²) in [5.74, 6) is 1.29. The number of alkyl halides is 2. The second-order valence-electron chi connectivity index (χ2n) is 4.28. The normalized spacial score (nSPS) is 10.1. The Morgan fingerprint density at radius 3 is 2.29 bits per heavy atom. The Kier molecular flexibility index (Phi) is 13.9. The number of methoxy groups -OCH3 is 1. The number of nitrogens with zero attached hydrogens (tertiary/aromatic N) is 2. The summed E-state index contributed by atoms with van der Waals surface area (Å²) in [6.07, 6.45) is 1.78. The first-order valence-corrected chi connectivity index (χ1v) is 7.20. The van der Waals surface area contributed by atoms with Crippen molar-refractivity contribution in [1.82, 2.24) is 9.88 Å². The molecule has 0 fully saturated rings. The van der Waals surface area contributed by atoms with Gasteiger partial charge in [-0.3, -0.25) is 9.88 Å². The van der Waals surface area contributed by atoms with Gasteiger partial charge in [-0.15, -0.1) is 48.0 Å². The molecule has 0 amide bonds. The van der Waals surface area contributed by atoms with Crippen LogP contribution < -0.4 is 0 Å². The van der Waals surface area contributed by atoms with Gasteiger partial charge in [0.1, 0.15) is 5.75 Å². The minimum absolute atomic E-state index is 0. The highest BCUT2D eigenvalue weighted by atomic mass is 35.5. The molecule has 0 aliphatic carbocycles. The lowest BCUT2D eigenvalue weighted by Gasteiger charge is -2.22. The second kappa shape index (κ2) is 12.6. The Balaban J connectivity index is 0. The minimum atomic E-state index is 0. The lowest BCUT2D eigenvalue weighted by molar-refractivity contribution is 0.179. The molecule has 0 unspecified atom stereocenters. The van der Waals surface area contributed by atoms with Crippen LogP contribution in [0, 0.1) is 6.92 Å². The van der Waals surface area contributed by atoms with Crippen molar-refractivity contribution in [2.75, 3.05) is 32.0 Å². The van der Waals surface area contributed by atoms with E-state index in [0.717, 1.165) is 24.2 Å². The van der Waals surface area contributed by atoms with Crippen LogP contribution in [-0.4, -0.2) is 46.9 Å². The van der Waals surface area contributed by atoms with Gasteiger partial charge in [0.25, 0.3) is 0 Å². The van der Waals surface area contributed by atoms with Gasteiger partial charge in [-0.1, -0.05) is 0 Å². The van der Waals surface area contributed by atoms with E-state index in [1.807, 2.05) is 0 Å². The number of aromatic nitrogens is 1. The number of ether oxygens (including phenoxy) is 1. The minimum Gasteiger partial charge on any atom is -0.506 e. The average Bonchev–Trinajstić information content (AvgIpc) is 2.39. The van der Waals surface area contributed by atoms with E-state index in [0.29, 0.717) is 30.6 Å². The molecule has 0 radical (unpaired) electrons. The molecule has 0 aliphatic heterocycles. The summed E-state index contributed by atoms with van der Waals surface area (Å²) < 4.78 is 5.15. The van der Waals surface area contributed by atoms with Crippen molar-refractivity contribution in [1.29, 1.82) is 0 Å². The van der Waals surface area contributed by atoms with Gasteiger partial charge < -0.3 is 9.84 Å². The zero-order valence-electron chi connectivity index (χ0n) is 12.1. The third kappa shape index (κ3) is 7.22. The van der Waals surface area contributed by atoms with Crippen LogP contribution >= 0.6 is 48.0 Å². The molecule has 1 aromatic heterocycles. The first-order chi connectivity index (χ1) is 9.13. The summed E-state index contributed by atoms with van der Waals surface area (Å²) in [4.78, 5) is 6.33. The van der Waals surface area contributed by atoms with E-state index >= 15 is 0 Å². The number of hydrogen-bond acceptors (Lipinski definition) is 4. The van der Waals surface area contributed by atoms with Gasteiger partial charge in [0.15, 0.2) is 0 Å². The van der Waals surface area contributed by atoms with Crippen LogP contribution in [0.25, 0.3) is 0 Å². The molecule has 1 rings (SSSR count). The van der Waals surface area contributed by atoms with Gasteiger partial charge in [0.05, 0.1) is 12.3 Å². The van der Waals surface area contributed by atoms with E-state index in [1.165, 1.54) is 0 Å². The van der Waals surface area contributed by atoms with Crippen molar-refractivity contribution in [2.24, 2.45) is 0 Å². The third-order valence-electron chi connectivity index (χ3n) is 2.91. The Morgan fingerprint density at radius 1 is 1.24 bits per heavy atom. The zero-order valence-corrected chi connectivity index (χ0v) is 15.3. The molecule has 0 aliphatic rings. The Hall–Kier alpha value is 0.0300. The molecule has 0 atom stereocenters. The Labute approximate surface area is 148 Å². The molecule has 0 saturated carbocycles. The monoisotopic (exact) mass is 378 g/mol. The predicted octanol–water partition coefficient (Wildman–Crippen LogP) is 3.37. The van der Waals surface area contributed by atoms with Crippen LogP contribution in [0.1, 0.15) is 16.8 Å². The maximum Gasteiger partial charge on any atom is 0.142 e. The maximum atomic E-state index is 10.1. The van der Waals surface area contributed by atoms with Crippen molar-refractivity contribution in [3.05, 3.63) is 23.0 Å². The second-order valence-corrected chi connectivity index (χ2v) is 5.04. The standard InChI is InChI=1S/C13H20Cl2N2O2.2ClH/c1-10-13(18)12(9-19-2)11(7-16-10)8-17(5-3-14)6-4-15;;/h7,18H,3-6,8-9H2,1-2H3;2*1H. The van der Waals surface area contributed by atoms with Crippen LogP contribution in [0.15, 0.2) is 6.20 Å². The van der Waals surface area contributed by atoms with Crippen LogP contribution in [0.5, 0.6) is 5.75 Å². The highest BCUT2D eigenvalue weighted by molar-refractivity contribution is 6.18. The number of pyridine rings is 1. The molecule has 1 heterocycles. The first-order valence-electron chi connectivity index (χ1n) is 6.13. The number of aromatic hydroxyl groups is 1. The topological polar surface area (TPSA) is 45.6 Å². The fourth-order valence-electron chi connectivity index (χ4n) is 1.88. The number of halogens is 4. The fraction of sp³-hybridized carbons (Fsp3) is 0.615. The van der Waals surface area contributed by atoms with Gasteiger partial charge in [0.2, 0.25) is 0 Å². The average molecular weight is 380 g/mol. The van der Waals surface area contributed by atoms with Crippen molar-refractivity contribution in [3.8, 4) is 5.75 Å². The molecule has 0 spiro atoms. The highest BCUT2D eigenvalue weighted by Gasteiger charge is 2.14. The predicted molar refractivity (Wildman–Crippen MR) is 92.6 cm³/mol.